The molecule has 1 aliphatic rings. The zero-order valence-corrected chi connectivity index (χ0v) is 14.4. The van der Waals surface area contributed by atoms with Crippen LogP contribution in [0.1, 0.15) is 10.7 Å². The second-order valence-electron chi connectivity index (χ2n) is 5.39. The maximum atomic E-state index is 12.6. The van der Waals surface area contributed by atoms with Crippen molar-refractivity contribution in [1.82, 2.24) is 9.88 Å². The molecule has 0 N–H and O–H groups in total. The monoisotopic (exact) mass is 333 g/mol. The molecule has 0 fully saturated rings. The Morgan fingerprint density at radius 2 is 2.23 bits per heavy atom. The normalized spacial score (nSPS) is 14.2. The second kappa shape index (κ2) is 6.81. The highest BCUT2D eigenvalue weighted by Gasteiger charge is 2.23. The third kappa shape index (κ3) is 3.51. The van der Waals surface area contributed by atoms with E-state index in [1.807, 2.05) is 53.7 Å². The first-order valence-corrected chi connectivity index (χ1v) is 9.12. The van der Waals surface area contributed by atoms with Gasteiger partial charge in [-0.2, -0.15) is 0 Å². The van der Waals surface area contributed by atoms with Gasteiger partial charge in [0.2, 0.25) is 5.91 Å². The minimum atomic E-state index is 0.155. The third-order valence-corrected chi connectivity index (χ3v) is 5.40. The van der Waals surface area contributed by atoms with E-state index in [-0.39, 0.29) is 5.91 Å². The summed E-state index contributed by atoms with van der Waals surface area (Å²) in [5.41, 5.74) is 2.08. The van der Waals surface area contributed by atoms with Gasteiger partial charge in [0.15, 0.2) is 0 Å². The van der Waals surface area contributed by atoms with Crippen molar-refractivity contribution in [2.24, 2.45) is 0 Å². The molecule has 0 saturated heterocycles. The molecule has 22 heavy (non-hydrogen) atoms. The van der Waals surface area contributed by atoms with Gasteiger partial charge in [-0.05, 0) is 26.1 Å². The summed E-state index contributed by atoms with van der Waals surface area (Å²) in [6, 6.07) is 8.13. The number of benzene rings is 1. The summed E-state index contributed by atoms with van der Waals surface area (Å²) < 4.78 is 0. The van der Waals surface area contributed by atoms with E-state index in [1.54, 1.807) is 11.3 Å². The molecule has 2 heterocycles. The maximum Gasteiger partial charge on any atom is 0.241 e. The number of carbonyl (C=O) groups excluding carboxylic acids is 1. The predicted molar refractivity (Wildman–Crippen MR) is 92.7 cm³/mol. The zero-order valence-electron chi connectivity index (χ0n) is 12.8. The Balaban J connectivity index is 1.65. The molecule has 0 aliphatic carbocycles. The Labute approximate surface area is 139 Å². The van der Waals surface area contributed by atoms with Gasteiger partial charge in [0.1, 0.15) is 0 Å². The van der Waals surface area contributed by atoms with Crippen molar-refractivity contribution in [2.45, 2.75) is 18.4 Å². The molecule has 4 nitrogen and oxygen atoms in total. The fourth-order valence-electron chi connectivity index (χ4n) is 2.56. The molecular weight excluding hydrogens is 314 g/mol. The number of anilines is 1. The van der Waals surface area contributed by atoms with Crippen LogP contribution in [0.2, 0.25) is 0 Å². The first-order valence-electron chi connectivity index (χ1n) is 7.25. The first-order chi connectivity index (χ1) is 10.6. The van der Waals surface area contributed by atoms with Gasteiger partial charge in [0, 0.05) is 29.1 Å². The minimum absolute atomic E-state index is 0.155. The van der Waals surface area contributed by atoms with Crippen molar-refractivity contribution in [1.29, 1.82) is 0 Å². The van der Waals surface area contributed by atoms with Crippen LogP contribution >= 0.6 is 23.1 Å². The van der Waals surface area contributed by atoms with Crippen LogP contribution in [-0.4, -0.2) is 41.7 Å². The Morgan fingerprint density at radius 3 is 3.00 bits per heavy atom. The van der Waals surface area contributed by atoms with Crippen LogP contribution in [-0.2, 0) is 11.3 Å². The molecule has 0 spiro atoms. The number of thioether (sulfide) groups is 1. The van der Waals surface area contributed by atoms with Crippen LogP contribution in [0, 0.1) is 6.92 Å². The number of hydrogen-bond acceptors (Lipinski definition) is 5. The highest BCUT2D eigenvalue weighted by Crippen LogP contribution is 2.34. The highest BCUT2D eigenvalue weighted by molar-refractivity contribution is 7.99. The molecule has 1 amide bonds. The molecule has 2 aromatic rings. The van der Waals surface area contributed by atoms with Gasteiger partial charge in [-0.25, -0.2) is 4.98 Å². The topological polar surface area (TPSA) is 36.4 Å². The first kappa shape index (κ1) is 15.5. The van der Waals surface area contributed by atoms with Crippen LogP contribution in [0.3, 0.4) is 0 Å². The Morgan fingerprint density at radius 1 is 1.41 bits per heavy atom. The molecule has 0 unspecified atom stereocenters. The summed E-state index contributed by atoms with van der Waals surface area (Å²) in [4.78, 5) is 22.2. The summed E-state index contributed by atoms with van der Waals surface area (Å²) in [5, 5.41) is 3.13. The quantitative estimate of drug-likeness (QED) is 0.862. The summed E-state index contributed by atoms with van der Waals surface area (Å²) in [5.74, 6) is 1.11. The van der Waals surface area contributed by atoms with Crippen molar-refractivity contribution >= 4 is 34.7 Å². The van der Waals surface area contributed by atoms with Crippen LogP contribution in [0.4, 0.5) is 5.69 Å². The number of thiazole rings is 1. The van der Waals surface area contributed by atoms with Crippen LogP contribution in [0.5, 0.6) is 0 Å². The lowest BCUT2D eigenvalue weighted by atomic mass is 10.2. The largest absolute Gasteiger partial charge is 0.309 e. The van der Waals surface area contributed by atoms with E-state index in [9.17, 15) is 4.79 Å². The number of rotatable bonds is 4. The van der Waals surface area contributed by atoms with Gasteiger partial charge in [-0.1, -0.05) is 12.1 Å². The fraction of sp³-hybridized carbons (Fsp3) is 0.375. The maximum absolute atomic E-state index is 12.6. The predicted octanol–water partition coefficient (Wildman–Crippen LogP) is 3.02. The van der Waals surface area contributed by atoms with Gasteiger partial charge >= 0.3 is 0 Å². The van der Waals surface area contributed by atoms with E-state index in [2.05, 4.69) is 16.4 Å². The Hall–Kier alpha value is -1.37. The Bertz CT molecular complexity index is 671. The number of likely N-dealkylation sites (N-methyl/N-ethyl adjacent to an activating group) is 1. The lowest BCUT2D eigenvalue weighted by Crippen LogP contribution is -2.41. The van der Waals surface area contributed by atoms with Crippen LogP contribution in [0.15, 0.2) is 34.5 Å². The van der Waals surface area contributed by atoms with Crippen molar-refractivity contribution in [2.75, 3.05) is 30.8 Å². The SMILES string of the molecule is Cc1nc(CN(C)CC(=O)N2CCSc3ccccc32)cs1. The van der Waals surface area contributed by atoms with Gasteiger partial charge in [0.05, 0.1) is 22.9 Å². The van der Waals surface area contributed by atoms with E-state index < -0.39 is 0 Å². The molecular formula is C16H19N3OS2. The fourth-order valence-corrected chi connectivity index (χ4v) is 4.16. The molecule has 3 rings (SSSR count). The lowest BCUT2D eigenvalue weighted by molar-refractivity contribution is -0.119. The van der Waals surface area contributed by atoms with Gasteiger partial charge < -0.3 is 4.90 Å². The molecule has 0 saturated carbocycles. The van der Waals surface area contributed by atoms with Crippen molar-refractivity contribution in [3.05, 3.63) is 40.3 Å². The molecule has 1 aromatic carbocycles. The van der Waals surface area contributed by atoms with Crippen molar-refractivity contribution in [3.8, 4) is 0 Å². The van der Waals surface area contributed by atoms with E-state index in [0.717, 1.165) is 28.7 Å². The number of hydrogen-bond donors (Lipinski definition) is 0. The molecule has 0 bridgehead atoms. The van der Waals surface area contributed by atoms with E-state index in [4.69, 9.17) is 0 Å². The molecule has 0 radical (unpaired) electrons. The average Bonchev–Trinajstić information content (AvgIpc) is 2.91. The summed E-state index contributed by atoms with van der Waals surface area (Å²) in [7, 11) is 1.97. The van der Waals surface area contributed by atoms with Gasteiger partial charge in [0.25, 0.3) is 0 Å². The summed E-state index contributed by atoms with van der Waals surface area (Å²) >= 11 is 3.47. The molecule has 6 heteroatoms. The number of fused-ring (bicyclic) bond motifs is 1. The van der Waals surface area contributed by atoms with Gasteiger partial charge in [-0.15, -0.1) is 23.1 Å². The summed E-state index contributed by atoms with van der Waals surface area (Å²) in [6.45, 7) is 3.90. The van der Waals surface area contributed by atoms with Crippen LogP contribution in [0.25, 0.3) is 0 Å². The number of amides is 1. The van der Waals surface area contributed by atoms with Crippen molar-refractivity contribution in [3.63, 3.8) is 0 Å². The summed E-state index contributed by atoms with van der Waals surface area (Å²) in [6.07, 6.45) is 0. The minimum Gasteiger partial charge on any atom is -0.309 e. The number of para-hydroxylation sites is 1. The molecule has 116 valence electrons. The smallest absolute Gasteiger partial charge is 0.241 e. The lowest BCUT2D eigenvalue weighted by Gasteiger charge is -2.30. The number of aryl methyl sites for hydroxylation is 1. The van der Waals surface area contributed by atoms with Crippen LogP contribution < -0.4 is 4.90 Å². The number of carbonyl (C=O) groups is 1. The third-order valence-electron chi connectivity index (χ3n) is 3.53. The second-order valence-corrected chi connectivity index (χ2v) is 7.59. The van der Waals surface area contributed by atoms with E-state index in [1.165, 1.54) is 4.90 Å². The molecule has 1 aromatic heterocycles. The Kier molecular flexibility index (Phi) is 4.81. The van der Waals surface area contributed by atoms with E-state index >= 15 is 0 Å². The average molecular weight is 333 g/mol. The number of aromatic nitrogens is 1. The van der Waals surface area contributed by atoms with Gasteiger partial charge in [-0.3, -0.25) is 9.69 Å². The van der Waals surface area contributed by atoms with E-state index in [0.29, 0.717) is 13.1 Å². The highest BCUT2D eigenvalue weighted by atomic mass is 32.2. The standard InChI is InChI=1S/C16H19N3OS2/c1-12-17-13(11-22-12)9-18(2)10-16(20)19-7-8-21-15-6-4-3-5-14(15)19/h3-6,11H,7-10H2,1-2H3. The van der Waals surface area contributed by atoms with Crippen molar-refractivity contribution < 1.29 is 4.79 Å². The molecule has 0 atom stereocenters. The number of nitrogens with zero attached hydrogens (tertiary/aromatic N) is 3. The molecule has 1 aliphatic heterocycles. The zero-order chi connectivity index (χ0) is 15.5.